The number of pyridine rings is 1. The predicted molar refractivity (Wildman–Crippen MR) is 167 cm³/mol. The van der Waals surface area contributed by atoms with E-state index >= 15 is 35.1 Å². The lowest BCUT2D eigenvalue weighted by Crippen LogP contribution is -2.81. The van der Waals surface area contributed by atoms with Crippen LogP contribution in [-0.2, 0) is 6.54 Å². The van der Waals surface area contributed by atoms with E-state index in [0.29, 0.717) is 5.69 Å². The van der Waals surface area contributed by atoms with Crippen molar-refractivity contribution in [2.75, 3.05) is 0 Å². The van der Waals surface area contributed by atoms with Crippen LogP contribution in [0.25, 0.3) is 0 Å². The van der Waals surface area contributed by atoms with E-state index in [4.69, 9.17) is 0 Å². The summed E-state index contributed by atoms with van der Waals surface area (Å²) in [4.78, 5) is 10.8. The van der Waals surface area contributed by atoms with Crippen molar-refractivity contribution in [2.45, 2.75) is 6.54 Å². The van der Waals surface area contributed by atoms with E-state index < -0.39 is 144 Å². The summed E-state index contributed by atoms with van der Waals surface area (Å²) in [6.45, 7) is 0.732. The van der Waals surface area contributed by atoms with Crippen molar-refractivity contribution in [2.24, 2.45) is 0 Å². The molecule has 60 heavy (non-hydrogen) atoms. The highest BCUT2D eigenvalue weighted by atomic mass is 19.2. The van der Waals surface area contributed by atoms with Gasteiger partial charge in [-0.15, -0.1) is 21.9 Å². The molecule has 23 heteroatoms. The van der Waals surface area contributed by atoms with Gasteiger partial charge in [0.25, 0.3) is 0 Å². The van der Waals surface area contributed by atoms with Gasteiger partial charge in [-0.25, -0.2) is 87.8 Å². The van der Waals surface area contributed by atoms with Gasteiger partial charge in [-0.3, -0.25) is 4.79 Å². The topological polar surface area (TPSA) is 20.9 Å². The molecule has 0 saturated heterocycles. The van der Waals surface area contributed by atoms with Crippen LogP contribution in [-0.4, -0.2) is 12.4 Å². The third-order valence-electron chi connectivity index (χ3n) is 9.00. The maximum atomic E-state index is 15.4. The minimum absolute atomic E-state index is 0.696. The SMILES string of the molecule is Fc1c(F)c(F)c([B-](c2c(F)c(F)c(F)c(F)c2F)(c2c(F)c(F)c(F)c(F)c2F)c2c(F)c(F)c(F)c(F)c2F)c(F)c1F.O=Cc1cccc[n+]1Cc1ccccc1. The number of nitrogens with zero attached hydrogens (tertiary/aromatic N) is 1. The van der Waals surface area contributed by atoms with Crippen LogP contribution in [0.2, 0.25) is 0 Å². The van der Waals surface area contributed by atoms with Crippen LogP contribution in [0.5, 0.6) is 0 Å². The molecule has 1 aromatic heterocycles. The van der Waals surface area contributed by atoms with Crippen molar-refractivity contribution < 1.29 is 97.2 Å². The first kappa shape index (κ1) is 44.7. The van der Waals surface area contributed by atoms with E-state index in [9.17, 15) is 57.5 Å². The number of halogens is 20. The van der Waals surface area contributed by atoms with E-state index in [1.54, 1.807) is 0 Å². The second-order valence-electron chi connectivity index (χ2n) is 12.2. The highest BCUT2D eigenvalue weighted by Crippen LogP contribution is 2.30. The van der Waals surface area contributed by atoms with E-state index in [0.717, 1.165) is 12.8 Å². The minimum atomic E-state index is -7.22. The molecule has 0 radical (unpaired) electrons. The Labute approximate surface area is 320 Å². The standard InChI is InChI=1S/C24BF20.C13H12NO/c26-5-1(6(27)14(35)21(42)13(5)34)25(2-7(28)15(36)22(43)16(37)8(2)29,3-9(30)17(38)23(44)18(39)10(3)31)4-11(32)19(40)24(45)20(41)12(4)33;15-11-13-8-4-5-9-14(13)10-12-6-2-1-3-7-12/h;1-9,11H,10H2/q-1;+1. The van der Waals surface area contributed by atoms with Crippen molar-refractivity contribution in [3.05, 3.63) is 182 Å². The number of hydrogen-bond acceptors (Lipinski definition) is 1. The zero-order valence-corrected chi connectivity index (χ0v) is 28.5. The Morgan fingerprint density at radius 3 is 0.867 bits per heavy atom. The van der Waals surface area contributed by atoms with Crippen molar-refractivity contribution in [1.82, 2.24) is 0 Å². The molecule has 0 aliphatic carbocycles. The Kier molecular flexibility index (Phi) is 12.4. The van der Waals surface area contributed by atoms with E-state index in [1.807, 2.05) is 47.2 Å². The fourth-order valence-electron chi connectivity index (χ4n) is 6.39. The number of aromatic nitrogens is 1. The molecule has 0 atom stereocenters. The molecule has 1 heterocycles. The summed E-state index contributed by atoms with van der Waals surface area (Å²) in [6.07, 6.45) is -4.43. The molecular weight excluding hydrogens is 865 g/mol. The number of carbonyl (C=O) groups is 1. The van der Waals surface area contributed by atoms with Crippen molar-refractivity contribution in [3.63, 3.8) is 0 Å². The molecule has 0 fully saturated rings. The molecule has 0 amide bonds. The number of hydrogen-bond donors (Lipinski definition) is 0. The summed E-state index contributed by atoms with van der Waals surface area (Å²) >= 11 is 0. The molecule has 0 N–H and O–H groups in total. The smallest absolute Gasteiger partial charge is 0.245 e. The van der Waals surface area contributed by atoms with Crippen molar-refractivity contribution in [1.29, 1.82) is 0 Å². The Hall–Kier alpha value is -6.42. The molecule has 0 bridgehead atoms. The highest BCUT2D eigenvalue weighted by Gasteiger charge is 2.52. The molecule has 0 aliphatic rings. The summed E-state index contributed by atoms with van der Waals surface area (Å²) in [5.74, 6) is -71.4. The number of carbonyl (C=O) groups excluding carboxylic acids is 1. The van der Waals surface area contributed by atoms with Gasteiger partial charge < -0.3 is 0 Å². The predicted octanol–water partition coefficient (Wildman–Crippen LogP) is 7.68. The summed E-state index contributed by atoms with van der Waals surface area (Å²) in [5, 5.41) is 0. The molecule has 6 aromatic rings. The van der Waals surface area contributed by atoms with Crippen LogP contribution in [0.4, 0.5) is 87.8 Å². The average molecular weight is 877 g/mol. The fourth-order valence-corrected chi connectivity index (χ4v) is 6.39. The Morgan fingerprint density at radius 2 is 0.600 bits per heavy atom. The highest BCUT2D eigenvalue weighted by molar-refractivity contribution is 7.20. The normalized spacial score (nSPS) is 11.5. The zero-order chi connectivity index (χ0) is 44.9. The lowest BCUT2D eigenvalue weighted by molar-refractivity contribution is -0.689. The average Bonchev–Trinajstić information content (AvgIpc) is 3.24. The molecule has 0 saturated carbocycles. The van der Waals surface area contributed by atoms with Gasteiger partial charge in [0, 0.05) is 17.7 Å². The Balaban J connectivity index is 0.000000379. The van der Waals surface area contributed by atoms with Crippen LogP contribution in [0, 0.1) is 116 Å². The minimum Gasteiger partial charge on any atom is -0.291 e. The number of rotatable bonds is 7. The number of aldehydes is 1. The molecule has 0 aliphatic heterocycles. The lowest BCUT2D eigenvalue weighted by atomic mass is 9.12. The van der Waals surface area contributed by atoms with Crippen LogP contribution < -0.4 is 26.4 Å². The van der Waals surface area contributed by atoms with Crippen LogP contribution >= 0.6 is 0 Å². The monoisotopic (exact) mass is 877 g/mol. The number of benzene rings is 5. The molecular formula is C37H12BF20NO. The first-order valence-electron chi connectivity index (χ1n) is 15.8. The molecule has 0 unspecified atom stereocenters. The van der Waals surface area contributed by atoms with Gasteiger partial charge >= 0.3 is 0 Å². The largest absolute Gasteiger partial charge is 0.291 e. The maximum absolute atomic E-state index is 15.4. The van der Waals surface area contributed by atoms with E-state index in [-0.39, 0.29) is 0 Å². The summed E-state index contributed by atoms with van der Waals surface area (Å²) < 4.78 is 296. The van der Waals surface area contributed by atoms with Crippen molar-refractivity contribution in [3.8, 4) is 0 Å². The first-order valence-corrected chi connectivity index (χ1v) is 15.8. The maximum Gasteiger partial charge on any atom is 0.245 e. The molecule has 0 spiro atoms. The van der Waals surface area contributed by atoms with Gasteiger partial charge in [0.05, 0.1) is 0 Å². The third-order valence-corrected chi connectivity index (χ3v) is 9.00. The molecule has 5 aromatic carbocycles. The van der Waals surface area contributed by atoms with Crippen LogP contribution in [0.1, 0.15) is 16.1 Å². The fraction of sp³-hybridized carbons (Fsp3) is 0.0270. The molecule has 6 rings (SSSR count). The van der Waals surface area contributed by atoms with Gasteiger partial charge in [0.1, 0.15) is 52.7 Å². The van der Waals surface area contributed by atoms with Crippen molar-refractivity contribution >= 4 is 34.3 Å². The van der Waals surface area contributed by atoms with E-state index in [2.05, 4.69) is 12.1 Å². The second kappa shape index (κ2) is 16.7. The quantitative estimate of drug-likeness (QED) is 0.0403. The summed E-state index contributed by atoms with van der Waals surface area (Å²) in [7, 11) is 0. The summed E-state index contributed by atoms with van der Waals surface area (Å²) in [6, 6.07) is 15.7. The van der Waals surface area contributed by atoms with Gasteiger partial charge in [0.2, 0.25) is 12.0 Å². The Bertz CT molecular complexity index is 2330. The second-order valence-corrected chi connectivity index (χ2v) is 12.2. The van der Waals surface area contributed by atoms with Gasteiger partial charge in [0.15, 0.2) is 82.5 Å². The Morgan fingerprint density at radius 1 is 0.350 bits per heavy atom. The van der Waals surface area contributed by atoms with Gasteiger partial charge in [-0.05, 0) is 6.07 Å². The zero-order valence-electron chi connectivity index (χ0n) is 28.5. The molecule has 314 valence electrons. The molecule has 2 nitrogen and oxygen atoms in total. The lowest BCUT2D eigenvalue weighted by Gasteiger charge is -2.44. The van der Waals surface area contributed by atoms with Crippen LogP contribution in [0.15, 0.2) is 54.7 Å². The first-order chi connectivity index (χ1) is 28.1. The van der Waals surface area contributed by atoms with Crippen LogP contribution in [0.3, 0.4) is 0 Å². The van der Waals surface area contributed by atoms with Gasteiger partial charge in [-0.2, -0.15) is 4.57 Å². The third kappa shape index (κ3) is 6.87. The van der Waals surface area contributed by atoms with E-state index in [1.165, 1.54) is 5.56 Å². The summed E-state index contributed by atoms with van der Waals surface area (Å²) in [5.41, 5.74) is -12.4. The van der Waals surface area contributed by atoms with Gasteiger partial charge in [-0.1, -0.05) is 30.3 Å².